The maximum Gasteiger partial charge on any atom is 0.00905 e. The Balaban J connectivity index is 2.43. The molecule has 1 atom stereocenters. The van der Waals surface area contributed by atoms with E-state index < -0.39 is 0 Å². The predicted molar refractivity (Wildman–Crippen MR) is 58.7 cm³/mol. The molecule has 0 amide bonds. The summed E-state index contributed by atoms with van der Waals surface area (Å²) in [6.45, 7) is 7.09. The van der Waals surface area contributed by atoms with Crippen LogP contribution in [-0.4, -0.2) is 5.33 Å². The molecule has 1 fully saturated rings. The fourth-order valence-electron chi connectivity index (χ4n) is 2.35. The molecule has 0 aromatic rings. The van der Waals surface area contributed by atoms with Crippen molar-refractivity contribution in [1.82, 2.24) is 0 Å². The van der Waals surface area contributed by atoms with Crippen LogP contribution < -0.4 is 0 Å². The number of alkyl halides is 1. The van der Waals surface area contributed by atoms with Crippen LogP contribution in [0.25, 0.3) is 0 Å². The zero-order chi connectivity index (χ0) is 9.19. The van der Waals surface area contributed by atoms with Gasteiger partial charge < -0.3 is 0 Å². The Morgan fingerprint density at radius 1 is 1.25 bits per heavy atom. The zero-order valence-corrected chi connectivity index (χ0v) is 10.2. The molecule has 0 aromatic carbocycles. The SMILES string of the molecule is CC(C)CC(C)C1(CBr)CCC1. The summed E-state index contributed by atoms with van der Waals surface area (Å²) >= 11 is 3.67. The largest absolute Gasteiger partial charge is 0.0922 e. The molecular formula is C11H21Br. The summed E-state index contributed by atoms with van der Waals surface area (Å²) in [4.78, 5) is 0. The smallest absolute Gasteiger partial charge is 0.00905 e. The summed E-state index contributed by atoms with van der Waals surface area (Å²) in [6, 6.07) is 0. The summed E-state index contributed by atoms with van der Waals surface area (Å²) < 4.78 is 0. The highest BCUT2D eigenvalue weighted by atomic mass is 79.9. The Bertz CT molecular complexity index is 130. The van der Waals surface area contributed by atoms with Crippen LogP contribution in [0.1, 0.15) is 46.5 Å². The molecule has 72 valence electrons. The van der Waals surface area contributed by atoms with E-state index in [4.69, 9.17) is 0 Å². The Labute approximate surface area is 85.3 Å². The molecule has 0 nitrogen and oxygen atoms in total. The summed E-state index contributed by atoms with van der Waals surface area (Å²) in [5.41, 5.74) is 0.671. The van der Waals surface area contributed by atoms with Crippen molar-refractivity contribution in [3.63, 3.8) is 0 Å². The van der Waals surface area contributed by atoms with Crippen LogP contribution >= 0.6 is 15.9 Å². The molecule has 0 aromatic heterocycles. The molecule has 12 heavy (non-hydrogen) atoms. The second-order valence-corrected chi connectivity index (χ2v) is 5.44. The molecule has 1 aliphatic rings. The minimum absolute atomic E-state index is 0.671. The highest BCUT2D eigenvalue weighted by molar-refractivity contribution is 9.09. The molecule has 1 rings (SSSR count). The lowest BCUT2D eigenvalue weighted by atomic mass is 9.61. The lowest BCUT2D eigenvalue weighted by Crippen LogP contribution is -2.38. The van der Waals surface area contributed by atoms with Gasteiger partial charge in [-0.2, -0.15) is 0 Å². The van der Waals surface area contributed by atoms with Crippen molar-refractivity contribution < 1.29 is 0 Å². The van der Waals surface area contributed by atoms with Gasteiger partial charge in [0.25, 0.3) is 0 Å². The lowest BCUT2D eigenvalue weighted by molar-refractivity contribution is 0.0759. The minimum Gasteiger partial charge on any atom is -0.0922 e. The van der Waals surface area contributed by atoms with Crippen LogP contribution in [0.4, 0.5) is 0 Å². The third-order valence-electron chi connectivity index (χ3n) is 3.49. The van der Waals surface area contributed by atoms with Gasteiger partial charge in [0.2, 0.25) is 0 Å². The molecule has 0 radical (unpaired) electrons. The van der Waals surface area contributed by atoms with Gasteiger partial charge in [-0.1, -0.05) is 43.1 Å². The van der Waals surface area contributed by atoms with Crippen molar-refractivity contribution in [3.05, 3.63) is 0 Å². The number of hydrogen-bond donors (Lipinski definition) is 0. The second kappa shape index (κ2) is 4.13. The Morgan fingerprint density at radius 3 is 2.08 bits per heavy atom. The molecule has 0 heterocycles. The van der Waals surface area contributed by atoms with Crippen LogP contribution in [0.3, 0.4) is 0 Å². The Morgan fingerprint density at radius 2 is 1.83 bits per heavy atom. The van der Waals surface area contributed by atoms with E-state index in [1.807, 2.05) is 0 Å². The summed E-state index contributed by atoms with van der Waals surface area (Å²) in [7, 11) is 0. The quantitative estimate of drug-likeness (QED) is 0.637. The van der Waals surface area contributed by atoms with Gasteiger partial charge in [-0.15, -0.1) is 0 Å². The third kappa shape index (κ3) is 2.04. The van der Waals surface area contributed by atoms with Crippen LogP contribution in [-0.2, 0) is 0 Å². The fraction of sp³-hybridized carbons (Fsp3) is 1.00. The van der Waals surface area contributed by atoms with Crippen molar-refractivity contribution in [2.24, 2.45) is 17.3 Å². The Kier molecular flexibility index (Phi) is 3.63. The third-order valence-corrected chi connectivity index (χ3v) is 4.60. The first-order valence-electron chi connectivity index (χ1n) is 5.17. The summed E-state index contributed by atoms with van der Waals surface area (Å²) in [5.74, 6) is 1.77. The van der Waals surface area contributed by atoms with Crippen LogP contribution in [0.15, 0.2) is 0 Å². The van der Waals surface area contributed by atoms with Crippen molar-refractivity contribution >= 4 is 15.9 Å². The van der Waals surface area contributed by atoms with Crippen molar-refractivity contribution in [1.29, 1.82) is 0 Å². The number of halogens is 1. The van der Waals surface area contributed by atoms with Gasteiger partial charge in [0.05, 0.1) is 0 Å². The highest BCUT2D eigenvalue weighted by Crippen LogP contribution is 2.50. The average molecular weight is 233 g/mol. The molecule has 1 unspecified atom stereocenters. The lowest BCUT2D eigenvalue weighted by Gasteiger charge is -2.46. The van der Waals surface area contributed by atoms with Gasteiger partial charge in [0.1, 0.15) is 0 Å². The van der Waals surface area contributed by atoms with Crippen LogP contribution in [0.5, 0.6) is 0 Å². The molecule has 1 aliphatic carbocycles. The molecule has 1 saturated carbocycles. The maximum atomic E-state index is 3.67. The minimum atomic E-state index is 0.671. The van der Waals surface area contributed by atoms with E-state index in [0.29, 0.717) is 5.41 Å². The van der Waals surface area contributed by atoms with Crippen molar-refractivity contribution in [2.45, 2.75) is 46.5 Å². The first-order valence-corrected chi connectivity index (χ1v) is 6.29. The zero-order valence-electron chi connectivity index (χ0n) is 8.57. The van der Waals surface area contributed by atoms with Gasteiger partial charge in [-0.3, -0.25) is 0 Å². The van der Waals surface area contributed by atoms with Gasteiger partial charge in [-0.05, 0) is 36.5 Å². The molecular weight excluding hydrogens is 212 g/mol. The van der Waals surface area contributed by atoms with E-state index in [1.54, 1.807) is 0 Å². The number of hydrogen-bond acceptors (Lipinski definition) is 0. The average Bonchev–Trinajstić information content (AvgIpc) is 1.83. The van der Waals surface area contributed by atoms with E-state index >= 15 is 0 Å². The van der Waals surface area contributed by atoms with Crippen molar-refractivity contribution in [2.75, 3.05) is 5.33 Å². The predicted octanol–water partition coefficient (Wildman–Crippen LogP) is 4.23. The first-order chi connectivity index (χ1) is 5.60. The summed E-state index contributed by atoms with van der Waals surface area (Å²) in [6.07, 6.45) is 5.75. The standard InChI is InChI=1S/C11H21Br/c1-9(2)7-10(3)11(8-12)5-4-6-11/h9-10H,4-8H2,1-3H3. The van der Waals surface area contributed by atoms with E-state index in [9.17, 15) is 0 Å². The Hall–Kier alpha value is 0.480. The van der Waals surface area contributed by atoms with Crippen molar-refractivity contribution in [3.8, 4) is 0 Å². The molecule has 0 saturated heterocycles. The summed E-state index contributed by atoms with van der Waals surface area (Å²) in [5, 5.41) is 1.22. The maximum absolute atomic E-state index is 3.67. The number of rotatable bonds is 4. The molecule has 0 bridgehead atoms. The van der Waals surface area contributed by atoms with Gasteiger partial charge in [0.15, 0.2) is 0 Å². The molecule has 0 spiro atoms. The normalized spacial score (nSPS) is 23.8. The monoisotopic (exact) mass is 232 g/mol. The van der Waals surface area contributed by atoms with Crippen LogP contribution in [0, 0.1) is 17.3 Å². The molecule has 0 N–H and O–H groups in total. The van der Waals surface area contributed by atoms with E-state index in [0.717, 1.165) is 11.8 Å². The van der Waals surface area contributed by atoms with Gasteiger partial charge in [0, 0.05) is 5.33 Å². The highest BCUT2D eigenvalue weighted by Gasteiger charge is 2.40. The van der Waals surface area contributed by atoms with E-state index in [1.165, 1.54) is 31.0 Å². The van der Waals surface area contributed by atoms with Crippen LogP contribution in [0.2, 0.25) is 0 Å². The van der Waals surface area contributed by atoms with Gasteiger partial charge in [-0.25, -0.2) is 0 Å². The van der Waals surface area contributed by atoms with E-state index in [-0.39, 0.29) is 0 Å². The van der Waals surface area contributed by atoms with Gasteiger partial charge >= 0.3 is 0 Å². The topological polar surface area (TPSA) is 0 Å². The molecule has 1 heteroatoms. The first kappa shape index (κ1) is 10.6. The second-order valence-electron chi connectivity index (χ2n) is 4.88. The molecule has 0 aliphatic heterocycles. The van der Waals surface area contributed by atoms with E-state index in [2.05, 4.69) is 36.7 Å². The fourth-order valence-corrected chi connectivity index (χ4v) is 3.46.